The topological polar surface area (TPSA) is 716 Å². The summed E-state index contributed by atoms with van der Waals surface area (Å²) in [5.41, 5.74) is 0.401. The maximum atomic E-state index is 13.3. The van der Waals surface area contributed by atoms with Crippen LogP contribution in [0.25, 0.3) is 10.8 Å². The normalized spacial score (nSPS) is 22.6. The van der Waals surface area contributed by atoms with Gasteiger partial charge in [-0.15, -0.1) is 0 Å². The standard InChI is InChI=1S/C15H14F2N2O5S.C12H18F2O7S.C12H12F2O7S.C12H20O7S.C11H16F2O7S.C7H10F2O7S.C5H8F2O5S.7CH3/c16-15(17,25(21,22)23)14(20)19-10-5-9-3-1-2-4-12(9)13(6-10)18-7-11-8-24-11;2*13-12(14,22(16,17)18)7-21-11(15)8-1-3-9(4-2-8)19-5-10-6-20-10;13-12(17-4-5-20(14,15)16)9-2-1-3-10(6-9)18-7-11-8-19-11;12-11(13,21(15,16)17)6-20-10(14)7-1-2-8(3-7)18-4-9-5-19-9;8-7(9,17(11,12)13)4-16-6(10)3-14-1-5-2-15-5;6-5(7,13(8,9)10)3-11-1-4-2-12-4;;;;;;;/h1-6,11,18H,7-8H2,(H,19,20)(H,21,22,23);8-10H,1-7H2,(H,16,17,18);1-4,10H,5-7H2,(H,16,17,18);9-11H,1-8H2,(H,14,15,16);7-9H,1-6H2,(H,15,16,17);5H,1-4H2,(H,11,12,13);4H,1-3H2,(H,8,9,10);7*1H3/q;;;;;;;7*+1/p-7. The van der Waals surface area contributed by atoms with Crippen LogP contribution in [-0.2, 0) is 175 Å². The van der Waals surface area contributed by atoms with Gasteiger partial charge in [-0.25, -0.2) is 68.5 Å². The Morgan fingerprint density at radius 2 is 0.748 bits per heavy atom. The Kier molecular flexibility index (Phi) is 56.0. The molecule has 3 aromatic carbocycles. The molecule has 13 rings (SSSR count). The molecular formula is C81H112F12N2O45S7. The van der Waals surface area contributed by atoms with Crippen molar-refractivity contribution in [2.24, 2.45) is 17.8 Å². The summed E-state index contributed by atoms with van der Waals surface area (Å²) in [6.07, 6.45) is 6.43. The maximum Gasteiger partial charge on any atom is 0.411 e. The minimum atomic E-state index is -6.12. The lowest BCUT2D eigenvalue weighted by Gasteiger charge is -2.28. The first-order chi connectivity index (χ1) is 64.7. The van der Waals surface area contributed by atoms with E-state index in [9.17, 15) is 172 Å². The van der Waals surface area contributed by atoms with Crippen molar-refractivity contribution in [3.05, 3.63) is 118 Å². The predicted molar refractivity (Wildman–Crippen MR) is 475 cm³/mol. The molecule has 0 radical (unpaired) electrons. The van der Waals surface area contributed by atoms with Crippen molar-refractivity contribution in [3.63, 3.8) is 0 Å². The van der Waals surface area contributed by atoms with E-state index in [0.717, 1.165) is 24.8 Å². The van der Waals surface area contributed by atoms with Gasteiger partial charge in [0, 0.05) is 75.3 Å². The quantitative estimate of drug-likeness (QED) is 0.0183. The van der Waals surface area contributed by atoms with Crippen molar-refractivity contribution in [2.45, 2.75) is 163 Å². The van der Waals surface area contributed by atoms with Gasteiger partial charge in [-0.1, -0.05) is 30.7 Å². The van der Waals surface area contributed by atoms with Crippen LogP contribution in [0.15, 0.2) is 60.7 Å². The molecule has 0 aromatic heterocycles. The van der Waals surface area contributed by atoms with Crippen LogP contribution < -0.4 is 15.4 Å². The van der Waals surface area contributed by atoms with Crippen LogP contribution in [0, 0.1) is 69.7 Å². The molecule has 11 atom stereocenters. The predicted octanol–water partition coefficient (Wildman–Crippen LogP) is 5.20. The van der Waals surface area contributed by atoms with E-state index in [1.165, 1.54) is 36.4 Å². The molecule has 1 amide bonds. The number of carbonyl (C=O) groups is 6. The number of anilines is 2. The van der Waals surface area contributed by atoms with Crippen LogP contribution in [-0.4, -0.2) is 364 Å². The van der Waals surface area contributed by atoms with Gasteiger partial charge in [0.05, 0.1) is 143 Å². The number of carbonyl (C=O) groups excluding carboxylic acids is 6. The zero-order valence-corrected chi connectivity index (χ0v) is 85.1. The first-order valence-electron chi connectivity index (χ1n) is 41.1. The summed E-state index contributed by atoms with van der Waals surface area (Å²) in [5.74, 6) is -8.57. The molecule has 0 spiro atoms. The Bertz CT molecular complexity index is 5470. The Morgan fingerprint density at radius 1 is 0.381 bits per heavy atom. The zero-order chi connectivity index (χ0) is 104. The molecular weight excluding hydrogens is 2170 g/mol. The van der Waals surface area contributed by atoms with Crippen LogP contribution in [0.5, 0.6) is 5.75 Å². The molecule has 10 fully saturated rings. The van der Waals surface area contributed by atoms with E-state index in [1.54, 1.807) is 29.6 Å². The van der Waals surface area contributed by atoms with Crippen molar-refractivity contribution in [1.29, 1.82) is 0 Å². The molecule has 10 aliphatic rings. The van der Waals surface area contributed by atoms with E-state index in [4.69, 9.17) is 56.8 Å². The van der Waals surface area contributed by atoms with Crippen LogP contribution in [0.2, 0.25) is 0 Å². The highest BCUT2D eigenvalue weighted by molar-refractivity contribution is 7.88. The number of amides is 1. The first kappa shape index (κ1) is 138. The van der Waals surface area contributed by atoms with Gasteiger partial charge >= 0.3 is 67.3 Å². The largest absolute Gasteiger partial charge is 0.748 e. The summed E-state index contributed by atoms with van der Waals surface area (Å²) >= 11 is 0. The minimum Gasteiger partial charge on any atom is -0.748 e. The molecule has 3 saturated carbocycles. The van der Waals surface area contributed by atoms with Gasteiger partial charge < -0.3 is 128 Å². The van der Waals surface area contributed by atoms with Crippen LogP contribution in [0.1, 0.15) is 81.0 Å². The zero-order valence-electron chi connectivity index (χ0n) is 79.4. The summed E-state index contributed by atoms with van der Waals surface area (Å²) in [4.78, 5) is 68.8. The number of benzene rings is 3. The molecule has 2 N–H and O–H groups in total. The SMILES string of the molecule is O=C(COCC1CO1)OCC(F)(F)S(=O)(=O)[O-].O=C(Nc1cc(NCC2CO2)c2ccccc2c1)C(F)(F)S(=O)(=O)[O-].O=C(OCC(F)(F)S(=O)(=O)[O-])C1CCC(OCC2CO2)C1.O=C(OCC(F)(F)S(=O)(=O)[O-])C1CCC(OCC2CO2)CC1.O=C(OCC(F)(F)S(=O)(=O)[O-])c1ccc(OCC2CO2)cc1.O=C(OCCS(=O)(=O)[O-])C1CCCC(OCC2CO2)C1.O=S(=O)([O-])C(F)(F)COCC1CO1.[CH3+].[CH3+].[CH3+].[CH3+].[CH3+].[CH3+].[CH3+]. The maximum absolute atomic E-state index is 13.3. The molecule has 11 unspecified atom stereocenters. The summed E-state index contributed by atoms with van der Waals surface area (Å²) in [6.45, 7) is -2.98. The number of esters is 5. The summed E-state index contributed by atoms with van der Waals surface area (Å²) in [7, 11) is -39.5. The van der Waals surface area contributed by atoms with E-state index < -0.39 is 195 Å². The van der Waals surface area contributed by atoms with Gasteiger partial charge in [0.25, 0.3) is 0 Å². The lowest BCUT2D eigenvalue weighted by atomic mass is 9.87. The number of alkyl halides is 12. The van der Waals surface area contributed by atoms with Gasteiger partial charge in [0.15, 0.2) is 87.1 Å². The molecule has 7 aliphatic heterocycles. The molecule has 0 bridgehead atoms. The smallest absolute Gasteiger partial charge is 0.411 e. The van der Waals surface area contributed by atoms with Crippen molar-refractivity contribution in [2.75, 3.05) is 155 Å². The van der Waals surface area contributed by atoms with Crippen LogP contribution in [0.4, 0.5) is 64.1 Å². The number of epoxide rings is 7. The molecule has 66 heteroatoms. The van der Waals surface area contributed by atoms with E-state index in [-0.39, 0.29) is 150 Å². The monoisotopic (exact) mass is 2280 g/mol. The third-order valence-corrected chi connectivity index (χ3v) is 25.6. The fourth-order valence-corrected chi connectivity index (χ4v) is 13.0. The fraction of sp³-hybridized carbons (Fsp3) is 0.642. The van der Waals surface area contributed by atoms with Crippen LogP contribution >= 0.6 is 0 Å². The average Bonchev–Trinajstić information content (AvgIpc) is 1.78. The first-order valence-corrected chi connectivity index (χ1v) is 51.1. The Balaban J connectivity index is 0.00000169. The second-order valence-electron chi connectivity index (χ2n) is 31.5. The van der Waals surface area contributed by atoms with Crippen molar-refractivity contribution in [3.8, 4) is 5.75 Å². The number of ether oxygens (including phenoxy) is 18. The van der Waals surface area contributed by atoms with Gasteiger partial charge in [-0.05, 0) is 106 Å². The summed E-state index contributed by atoms with van der Waals surface area (Å²) in [6, 6.07) is 15.2. The van der Waals surface area contributed by atoms with Gasteiger partial charge in [0.1, 0.15) is 68.8 Å². The second-order valence-corrected chi connectivity index (χ2v) is 42.0. The molecule has 3 aliphatic carbocycles. The third kappa shape index (κ3) is 50.5. The van der Waals surface area contributed by atoms with E-state index >= 15 is 0 Å². The number of hydrogen-bond donors (Lipinski definition) is 2. The van der Waals surface area contributed by atoms with Gasteiger partial charge in [-0.3, -0.25) is 19.2 Å². The Labute approximate surface area is 841 Å². The van der Waals surface area contributed by atoms with E-state index in [1.807, 2.05) is 0 Å². The molecule has 842 valence electrons. The highest BCUT2D eigenvalue weighted by Crippen LogP contribution is 2.37. The molecule has 3 aromatic rings. The highest BCUT2D eigenvalue weighted by atomic mass is 32.2. The van der Waals surface area contributed by atoms with E-state index in [2.05, 4.69) is 33.7 Å². The number of nitrogens with one attached hydrogen (secondary N) is 2. The van der Waals surface area contributed by atoms with Crippen LogP contribution in [0.3, 0.4) is 0 Å². The lowest BCUT2D eigenvalue weighted by Crippen LogP contribution is -2.41. The molecule has 47 nitrogen and oxygen atoms in total. The number of rotatable bonds is 46. The van der Waals surface area contributed by atoms with Gasteiger partial charge in [0.2, 0.25) is 0 Å². The van der Waals surface area contributed by atoms with Crippen molar-refractivity contribution >= 4 is 129 Å². The highest BCUT2D eigenvalue weighted by Gasteiger charge is 2.49. The number of fused-ring (bicyclic) bond motifs is 1. The Morgan fingerprint density at radius 3 is 1.18 bits per heavy atom. The molecule has 147 heavy (non-hydrogen) atoms. The third-order valence-electron chi connectivity index (χ3n) is 19.8. The van der Waals surface area contributed by atoms with E-state index in [0.29, 0.717) is 147 Å². The molecule has 7 heterocycles. The number of hydrogen-bond acceptors (Lipinski definition) is 46. The van der Waals surface area contributed by atoms with Crippen molar-refractivity contribution in [1.82, 2.24) is 0 Å². The van der Waals surface area contributed by atoms with Crippen molar-refractivity contribution < 1.29 is 258 Å². The molecule has 7 saturated heterocycles. The fourth-order valence-electron chi connectivity index (χ4n) is 11.4. The lowest BCUT2D eigenvalue weighted by molar-refractivity contribution is -0.157. The van der Waals surface area contributed by atoms with Gasteiger partial charge in [-0.2, -0.15) is 52.7 Å². The summed E-state index contributed by atoms with van der Waals surface area (Å²) in [5, 5.41) is -21.7. The number of halogens is 12. The Hall–Kier alpha value is -8.52. The minimum absolute atomic E-state index is 0. The summed E-state index contributed by atoms with van der Waals surface area (Å²) < 4.78 is 456. The second kappa shape index (κ2) is 59.5. The average molecular weight is 2290 g/mol.